The number of aryl methyl sites for hydroxylation is 1. The van der Waals surface area contributed by atoms with Crippen LogP contribution in [0.15, 0.2) is 43.0 Å². The minimum absolute atomic E-state index is 0.0121. The van der Waals surface area contributed by atoms with Crippen LogP contribution in [0.3, 0.4) is 0 Å². The van der Waals surface area contributed by atoms with Gasteiger partial charge in [-0.2, -0.15) is 5.10 Å². The highest BCUT2D eigenvalue weighted by Gasteiger charge is 2.20. The lowest BCUT2D eigenvalue weighted by atomic mass is 10.0. The third-order valence-corrected chi connectivity index (χ3v) is 5.93. The molecule has 3 aromatic heterocycles. The molecule has 0 amide bonds. The Labute approximate surface area is 178 Å². The molecule has 0 unspecified atom stereocenters. The van der Waals surface area contributed by atoms with Crippen LogP contribution in [0.4, 0.5) is 8.78 Å². The van der Waals surface area contributed by atoms with Gasteiger partial charge in [-0.1, -0.05) is 0 Å². The van der Waals surface area contributed by atoms with Crippen molar-refractivity contribution in [3.05, 3.63) is 54.6 Å². The molecular formula is C23H23F2N5O. The first-order valence-electron chi connectivity index (χ1n) is 10.3. The quantitative estimate of drug-likeness (QED) is 0.531. The topological polar surface area (TPSA) is 56.9 Å². The number of rotatable bonds is 4. The summed E-state index contributed by atoms with van der Waals surface area (Å²) in [5, 5.41) is 8.73. The molecule has 1 saturated heterocycles. The molecule has 1 aliphatic rings. The second kappa shape index (κ2) is 7.77. The van der Waals surface area contributed by atoms with E-state index in [2.05, 4.69) is 15.4 Å². The zero-order valence-electron chi connectivity index (χ0n) is 17.4. The van der Waals surface area contributed by atoms with E-state index in [1.54, 1.807) is 6.20 Å². The second-order valence-corrected chi connectivity index (χ2v) is 7.91. The molecule has 6 nitrogen and oxygen atoms in total. The van der Waals surface area contributed by atoms with Gasteiger partial charge in [0, 0.05) is 59.3 Å². The van der Waals surface area contributed by atoms with Gasteiger partial charge in [-0.05, 0) is 38.1 Å². The zero-order valence-corrected chi connectivity index (χ0v) is 17.4. The number of pyridine rings is 1. The van der Waals surface area contributed by atoms with Crippen molar-refractivity contribution in [1.29, 1.82) is 0 Å². The average molecular weight is 423 g/mol. The number of hydrogen-bond acceptors (Lipinski definition) is 4. The monoisotopic (exact) mass is 423 g/mol. The summed E-state index contributed by atoms with van der Waals surface area (Å²) in [6.07, 6.45) is 9.61. The maximum absolute atomic E-state index is 14.3. The standard InChI is InChI=1S/C23H23F2N5O/c1-29-13-20(18-8-16(24)9-21(25)22(18)31-2)19-7-14(10-27-23(19)29)15-11-28-30(12-15)17-3-5-26-6-4-17/h7-13,17,26H,3-6H2,1-2H3. The average Bonchev–Trinajstić information content (AvgIpc) is 3.39. The third kappa shape index (κ3) is 3.46. The lowest BCUT2D eigenvalue weighted by Gasteiger charge is -2.22. The van der Waals surface area contributed by atoms with Crippen LogP contribution in [-0.4, -0.2) is 39.5 Å². The molecule has 4 aromatic rings. The van der Waals surface area contributed by atoms with Crippen LogP contribution in [0.1, 0.15) is 18.9 Å². The summed E-state index contributed by atoms with van der Waals surface area (Å²) in [7, 11) is 3.24. The predicted octanol–water partition coefficient (Wildman–Crippen LogP) is 4.32. The van der Waals surface area contributed by atoms with Gasteiger partial charge in [-0.15, -0.1) is 0 Å². The predicted molar refractivity (Wildman–Crippen MR) is 115 cm³/mol. The Hall–Kier alpha value is -3.26. The van der Waals surface area contributed by atoms with Crippen LogP contribution in [-0.2, 0) is 7.05 Å². The maximum Gasteiger partial charge on any atom is 0.168 e. The van der Waals surface area contributed by atoms with Crippen molar-refractivity contribution < 1.29 is 13.5 Å². The molecule has 1 N–H and O–H groups in total. The van der Waals surface area contributed by atoms with Crippen LogP contribution in [0.2, 0.25) is 0 Å². The number of benzene rings is 1. The number of fused-ring (bicyclic) bond motifs is 1. The van der Waals surface area contributed by atoms with Crippen LogP contribution in [0.5, 0.6) is 5.75 Å². The summed E-state index contributed by atoms with van der Waals surface area (Å²) in [4.78, 5) is 4.61. The highest BCUT2D eigenvalue weighted by molar-refractivity contribution is 5.97. The molecule has 0 radical (unpaired) electrons. The number of ether oxygens (including phenoxy) is 1. The molecule has 0 spiro atoms. The van der Waals surface area contributed by atoms with E-state index in [9.17, 15) is 8.78 Å². The lowest BCUT2D eigenvalue weighted by Crippen LogP contribution is -2.29. The molecule has 1 fully saturated rings. The molecular weight excluding hydrogens is 400 g/mol. The van der Waals surface area contributed by atoms with Crippen LogP contribution in [0, 0.1) is 11.6 Å². The van der Waals surface area contributed by atoms with E-state index < -0.39 is 11.6 Å². The second-order valence-electron chi connectivity index (χ2n) is 7.91. The molecule has 1 aliphatic heterocycles. The van der Waals surface area contributed by atoms with Crippen LogP contribution < -0.4 is 10.1 Å². The van der Waals surface area contributed by atoms with Gasteiger partial charge < -0.3 is 14.6 Å². The van der Waals surface area contributed by atoms with E-state index in [4.69, 9.17) is 4.74 Å². The molecule has 4 heterocycles. The molecule has 0 saturated carbocycles. The first-order valence-corrected chi connectivity index (χ1v) is 10.3. The van der Waals surface area contributed by atoms with Crippen molar-refractivity contribution in [3.8, 4) is 28.0 Å². The van der Waals surface area contributed by atoms with Crippen LogP contribution in [0.25, 0.3) is 33.3 Å². The number of nitrogens with zero attached hydrogens (tertiary/aromatic N) is 4. The normalized spacial score (nSPS) is 15.0. The van der Waals surface area contributed by atoms with Crippen molar-refractivity contribution in [3.63, 3.8) is 0 Å². The number of nitrogens with one attached hydrogen (secondary N) is 1. The van der Waals surface area contributed by atoms with Crippen molar-refractivity contribution in [1.82, 2.24) is 24.6 Å². The van der Waals surface area contributed by atoms with Gasteiger partial charge in [0.25, 0.3) is 0 Å². The Morgan fingerprint density at radius 3 is 2.61 bits per heavy atom. The molecule has 8 heteroatoms. The number of aromatic nitrogens is 4. The minimum atomic E-state index is -0.734. The van der Waals surface area contributed by atoms with Gasteiger partial charge in [-0.3, -0.25) is 4.68 Å². The van der Waals surface area contributed by atoms with Crippen molar-refractivity contribution in [2.75, 3.05) is 20.2 Å². The summed E-state index contributed by atoms with van der Waals surface area (Å²) in [6.45, 7) is 1.99. The smallest absolute Gasteiger partial charge is 0.168 e. The van der Waals surface area contributed by atoms with Crippen molar-refractivity contribution >= 4 is 11.0 Å². The Morgan fingerprint density at radius 2 is 1.84 bits per heavy atom. The Balaban J connectivity index is 1.61. The zero-order chi connectivity index (χ0) is 21.5. The van der Waals surface area contributed by atoms with E-state index in [1.807, 2.05) is 41.0 Å². The molecule has 0 atom stereocenters. The first-order chi connectivity index (χ1) is 15.0. The minimum Gasteiger partial charge on any atom is -0.493 e. The Kier molecular flexibility index (Phi) is 4.94. The highest BCUT2D eigenvalue weighted by Crippen LogP contribution is 2.39. The highest BCUT2D eigenvalue weighted by atomic mass is 19.1. The molecule has 5 rings (SSSR count). The molecule has 0 bridgehead atoms. The largest absolute Gasteiger partial charge is 0.493 e. The van der Waals surface area contributed by atoms with Crippen molar-refractivity contribution in [2.45, 2.75) is 18.9 Å². The first kappa shape index (κ1) is 19.7. The number of hydrogen-bond donors (Lipinski definition) is 1. The van der Waals surface area contributed by atoms with E-state index in [-0.39, 0.29) is 5.75 Å². The third-order valence-electron chi connectivity index (χ3n) is 5.93. The maximum atomic E-state index is 14.3. The van der Waals surface area contributed by atoms with E-state index in [1.165, 1.54) is 13.2 Å². The van der Waals surface area contributed by atoms with Gasteiger partial charge >= 0.3 is 0 Å². The fraction of sp³-hybridized carbons (Fsp3) is 0.304. The Bertz CT molecular complexity index is 1260. The molecule has 160 valence electrons. The van der Waals surface area contributed by atoms with Gasteiger partial charge in [0.05, 0.1) is 19.3 Å². The van der Waals surface area contributed by atoms with Gasteiger partial charge in [-0.25, -0.2) is 13.8 Å². The fourth-order valence-corrected chi connectivity index (χ4v) is 4.36. The molecule has 31 heavy (non-hydrogen) atoms. The summed E-state index contributed by atoms with van der Waals surface area (Å²) < 4.78 is 37.5. The van der Waals surface area contributed by atoms with Gasteiger partial charge in [0.1, 0.15) is 11.5 Å². The summed E-state index contributed by atoms with van der Waals surface area (Å²) in [5.41, 5.74) is 3.59. The molecule has 1 aromatic carbocycles. The van der Waals surface area contributed by atoms with Gasteiger partial charge in [0.15, 0.2) is 11.6 Å². The summed E-state index contributed by atoms with van der Waals surface area (Å²) in [6, 6.07) is 4.49. The number of halogens is 2. The lowest BCUT2D eigenvalue weighted by molar-refractivity contribution is 0.343. The summed E-state index contributed by atoms with van der Waals surface area (Å²) in [5.74, 6) is -1.38. The SMILES string of the molecule is COc1c(F)cc(F)cc1-c1cn(C)c2ncc(-c3cnn(C4CCNCC4)c3)cc12. The van der Waals surface area contributed by atoms with Gasteiger partial charge in [0.2, 0.25) is 0 Å². The Morgan fingerprint density at radius 1 is 1.03 bits per heavy atom. The fourth-order valence-electron chi connectivity index (χ4n) is 4.36. The van der Waals surface area contributed by atoms with Crippen molar-refractivity contribution in [2.24, 2.45) is 7.05 Å². The van der Waals surface area contributed by atoms with E-state index in [0.29, 0.717) is 17.2 Å². The molecule has 0 aliphatic carbocycles. The van der Waals surface area contributed by atoms with E-state index in [0.717, 1.165) is 54.2 Å². The van der Waals surface area contributed by atoms with E-state index >= 15 is 0 Å². The summed E-state index contributed by atoms with van der Waals surface area (Å²) >= 11 is 0. The number of methoxy groups -OCH3 is 1. The number of piperidine rings is 1. The van der Waals surface area contributed by atoms with Crippen LogP contribution >= 0.6 is 0 Å².